The molecule has 2 rings (SSSR count). The molecule has 0 atom stereocenters. The van der Waals surface area contributed by atoms with Crippen LogP contribution in [-0.4, -0.2) is 5.11 Å². The summed E-state index contributed by atoms with van der Waals surface area (Å²) in [5.74, 6) is 0.347. The maximum absolute atomic E-state index is 9.94. The van der Waals surface area contributed by atoms with E-state index in [-0.39, 0.29) is 5.41 Å². The third-order valence-electron chi connectivity index (χ3n) is 2.98. The standard InChI is InChI=1S/C16H17ClO/c1-16(2,3)14-10-12(6-9-15(14)18)11-4-7-13(17)8-5-11/h4-10,18H,1-3H3. The van der Waals surface area contributed by atoms with Crippen LogP contribution in [0.25, 0.3) is 11.1 Å². The second-order valence-corrected chi connectivity index (χ2v) is 5.93. The Hall–Kier alpha value is -1.47. The summed E-state index contributed by atoms with van der Waals surface area (Å²) in [4.78, 5) is 0. The van der Waals surface area contributed by atoms with Crippen LogP contribution in [0, 0.1) is 0 Å². The normalized spacial score (nSPS) is 11.6. The van der Waals surface area contributed by atoms with Crippen molar-refractivity contribution in [2.45, 2.75) is 26.2 Å². The van der Waals surface area contributed by atoms with Gasteiger partial charge in [0.05, 0.1) is 0 Å². The molecule has 0 bridgehead atoms. The quantitative estimate of drug-likeness (QED) is 0.764. The smallest absolute Gasteiger partial charge is 0.119 e. The number of halogens is 1. The van der Waals surface area contributed by atoms with E-state index in [0.29, 0.717) is 5.75 Å². The van der Waals surface area contributed by atoms with Gasteiger partial charge in [-0.15, -0.1) is 0 Å². The Kier molecular flexibility index (Phi) is 3.36. The van der Waals surface area contributed by atoms with Gasteiger partial charge in [-0.25, -0.2) is 0 Å². The first-order chi connectivity index (χ1) is 8.38. The molecule has 0 radical (unpaired) electrons. The third-order valence-corrected chi connectivity index (χ3v) is 3.23. The first-order valence-corrected chi connectivity index (χ1v) is 6.35. The minimum absolute atomic E-state index is 0.0769. The van der Waals surface area contributed by atoms with Gasteiger partial charge in [0.15, 0.2) is 0 Å². The van der Waals surface area contributed by atoms with Crippen LogP contribution in [0.3, 0.4) is 0 Å². The van der Waals surface area contributed by atoms with Gasteiger partial charge in [-0.2, -0.15) is 0 Å². The average molecular weight is 261 g/mol. The van der Waals surface area contributed by atoms with Crippen molar-refractivity contribution in [2.24, 2.45) is 0 Å². The van der Waals surface area contributed by atoms with Gasteiger partial charge < -0.3 is 5.11 Å². The molecule has 0 spiro atoms. The highest BCUT2D eigenvalue weighted by molar-refractivity contribution is 6.30. The first-order valence-electron chi connectivity index (χ1n) is 5.97. The number of hydrogen-bond acceptors (Lipinski definition) is 1. The molecule has 0 heterocycles. The fourth-order valence-electron chi connectivity index (χ4n) is 1.96. The molecule has 2 aromatic carbocycles. The lowest BCUT2D eigenvalue weighted by Gasteiger charge is -2.21. The number of aromatic hydroxyl groups is 1. The van der Waals surface area contributed by atoms with E-state index in [1.54, 1.807) is 6.07 Å². The van der Waals surface area contributed by atoms with Crippen molar-refractivity contribution in [3.8, 4) is 16.9 Å². The molecule has 1 nitrogen and oxygen atoms in total. The van der Waals surface area contributed by atoms with Gasteiger partial charge in [0.25, 0.3) is 0 Å². The monoisotopic (exact) mass is 260 g/mol. The van der Waals surface area contributed by atoms with Crippen LogP contribution in [0.15, 0.2) is 42.5 Å². The highest BCUT2D eigenvalue weighted by atomic mass is 35.5. The lowest BCUT2D eigenvalue weighted by atomic mass is 9.84. The van der Waals surface area contributed by atoms with E-state index in [9.17, 15) is 5.11 Å². The number of hydrogen-bond donors (Lipinski definition) is 1. The molecule has 0 fully saturated rings. The summed E-state index contributed by atoms with van der Waals surface area (Å²) in [5, 5.41) is 10.7. The zero-order valence-corrected chi connectivity index (χ0v) is 11.6. The van der Waals surface area contributed by atoms with Gasteiger partial charge in [-0.3, -0.25) is 0 Å². The molecular formula is C16H17ClO. The van der Waals surface area contributed by atoms with E-state index in [0.717, 1.165) is 21.7 Å². The Morgan fingerprint density at radius 2 is 1.44 bits per heavy atom. The Bertz CT molecular complexity index is 550. The molecule has 2 aromatic rings. The SMILES string of the molecule is CC(C)(C)c1cc(-c2ccc(Cl)cc2)ccc1O. The van der Waals surface area contributed by atoms with Crippen LogP contribution in [0.2, 0.25) is 5.02 Å². The molecule has 0 saturated heterocycles. The molecule has 0 aliphatic heterocycles. The van der Waals surface area contributed by atoms with Crippen molar-refractivity contribution in [3.63, 3.8) is 0 Å². The second kappa shape index (κ2) is 4.66. The van der Waals surface area contributed by atoms with Crippen LogP contribution in [0.5, 0.6) is 5.75 Å². The fraction of sp³-hybridized carbons (Fsp3) is 0.250. The summed E-state index contributed by atoms with van der Waals surface area (Å²) >= 11 is 5.89. The maximum atomic E-state index is 9.94. The lowest BCUT2D eigenvalue weighted by molar-refractivity contribution is 0.447. The first kappa shape index (κ1) is 13.0. The molecule has 94 valence electrons. The molecule has 0 aliphatic rings. The van der Waals surface area contributed by atoms with Gasteiger partial charge in [0.2, 0.25) is 0 Å². The summed E-state index contributed by atoms with van der Waals surface area (Å²) in [5.41, 5.74) is 3.07. The molecule has 0 unspecified atom stereocenters. The third kappa shape index (κ3) is 2.68. The topological polar surface area (TPSA) is 20.2 Å². The zero-order chi connectivity index (χ0) is 13.3. The van der Waals surface area contributed by atoms with E-state index in [4.69, 9.17) is 11.6 Å². The van der Waals surface area contributed by atoms with Gasteiger partial charge in [-0.05, 0) is 46.4 Å². The van der Waals surface area contributed by atoms with Gasteiger partial charge in [0, 0.05) is 5.02 Å². The van der Waals surface area contributed by atoms with Crippen LogP contribution >= 0.6 is 11.6 Å². The zero-order valence-electron chi connectivity index (χ0n) is 10.9. The Balaban J connectivity index is 2.50. The Morgan fingerprint density at radius 1 is 0.889 bits per heavy atom. The molecule has 0 aromatic heterocycles. The molecule has 18 heavy (non-hydrogen) atoms. The number of phenols is 1. The lowest BCUT2D eigenvalue weighted by Crippen LogP contribution is -2.11. The Morgan fingerprint density at radius 3 is 2.00 bits per heavy atom. The minimum atomic E-state index is -0.0769. The van der Waals surface area contributed by atoms with Gasteiger partial charge >= 0.3 is 0 Å². The van der Waals surface area contributed by atoms with Crippen molar-refractivity contribution in [1.82, 2.24) is 0 Å². The van der Waals surface area contributed by atoms with Crippen molar-refractivity contribution >= 4 is 11.6 Å². The summed E-state index contributed by atoms with van der Waals surface area (Å²) in [6.45, 7) is 6.27. The van der Waals surface area contributed by atoms with Crippen molar-refractivity contribution in [1.29, 1.82) is 0 Å². The van der Waals surface area contributed by atoms with Crippen LogP contribution in [0.4, 0.5) is 0 Å². The van der Waals surface area contributed by atoms with Crippen molar-refractivity contribution in [3.05, 3.63) is 53.1 Å². The molecule has 0 aliphatic carbocycles. The molecule has 0 amide bonds. The summed E-state index contributed by atoms with van der Waals surface area (Å²) in [7, 11) is 0. The van der Waals surface area contributed by atoms with E-state index in [1.807, 2.05) is 36.4 Å². The van der Waals surface area contributed by atoms with Gasteiger partial charge in [0.1, 0.15) is 5.75 Å². The van der Waals surface area contributed by atoms with Crippen LogP contribution < -0.4 is 0 Å². The number of benzene rings is 2. The highest BCUT2D eigenvalue weighted by Gasteiger charge is 2.18. The van der Waals surface area contributed by atoms with Crippen LogP contribution in [0.1, 0.15) is 26.3 Å². The maximum Gasteiger partial charge on any atom is 0.119 e. The summed E-state index contributed by atoms with van der Waals surface area (Å²) in [6, 6.07) is 13.4. The summed E-state index contributed by atoms with van der Waals surface area (Å²) < 4.78 is 0. The molecule has 1 N–H and O–H groups in total. The molecule has 2 heteroatoms. The molecular weight excluding hydrogens is 244 g/mol. The fourth-order valence-corrected chi connectivity index (χ4v) is 2.08. The van der Waals surface area contributed by atoms with E-state index in [2.05, 4.69) is 20.8 Å². The van der Waals surface area contributed by atoms with E-state index >= 15 is 0 Å². The van der Waals surface area contributed by atoms with E-state index < -0.39 is 0 Å². The molecule has 0 saturated carbocycles. The van der Waals surface area contributed by atoms with Crippen molar-refractivity contribution < 1.29 is 5.11 Å². The minimum Gasteiger partial charge on any atom is -0.508 e. The van der Waals surface area contributed by atoms with Crippen molar-refractivity contribution in [2.75, 3.05) is 0 Å². The predicted molar refractivity (Wildman–Crippen MR) is 77.3 cm³/mol. The second-order valence-electron chi connectivity index (χ2n) is 5.49. The Labute approximate surface area is 113 Å². The highest BCUT2D eigenvalue weighted by Crippen LogP contribution is 2.34. The van der Waals surface area contributed by atoms with E-state index in [1.165, 1.54) is 0 Å². The van der Waals surface area contributed by atoms with Crippen LogP contribution in [-0.2, 0) is 5.41 Å². The van der Waals surface area contributed by atoms with Gasteiger partial charge in [-0.1, -0.05) is 50.6 Å². The summed E-state index contributed by atoms with van der Waals surface area (Å²) in [6.07, 6.45) is 0. The largest absolute Gasteiger partial charge is 0.508 e. The number of phenolic OH excluding ortho intramolecular Hbond substituents is 1. The average Bonchev–Trinajstić information content (AvgIpc) is 2.29. The number of rotatable bonds is 1. The predicted octanol–water partition coefficient (Wildman–Crippen LogP) is 5.01.